The molecule has 0 aliphatic carbocycles. The fourth-order valence-electron chi connectivity index (χ4n) is 4.94. The first-order chi connectivity index (χ1) is 17.0. The SMILES string of the molecule is CCCCCC(C=C[C@H]1O[C@@H](OC)C[C@@H](O[Si](C)(C)C)[C@H]1CCCO[Si](C)(C)C)OC1CCCCO1. The summed E-state index contributed by atoms with van der Waals surface area (Å²) in [6, 6.07) is 0. The van der Waals surface area contributed by atoms with Gasteiger partial charge >= 0.3 is 0 Å². The molecule has 8 heteroatoms. The highest BCUT2D eigenvalue weighted by Crippen LogP contribution is 2.34. The average Bonchev–Trinajstić information content (AvgIpc) is 2.80. The maximum absolute atomic E-state index is 6.72. The zero-order valence-corrected chi connectivity index (χ0v) is 26.6. The van der Waals surface area contributed by atoms with Crippen LogP contribution in [0.25, 0.3) is 0 Å². The van der Waals surface area contributed by atoms with Gasteiger partial charge in [-0.1, -0.05) is 38.3 Å². The van der Waals surface area contributed by atoms with E-state index in [0.29, 0.717) is 0 Å². The number of hydrogen-bond acceptors (Lipinski definition) is 6. The van der Waals surface area contributed by atoms with Crippen LogP contribution in [0, 0.1) is 5.92 Å². The summed E-state index contributed by atoms with van der Waals surface area (Å²) in [6.45, 7) is 17.4. The molecule has 2 aliphatic heterocycles. The van der Waals surface area contributed by atoms with E-state index in [4.69, 9.17) is 27.8 Å². The third kappa shape index (κ3) is 13.1. The van der Waals surface area contributed by atoms with Crippen molar-refractivity contribution < 1.29 is 27.8 Å². The molecular weight excluding hydrogens is 488 g/mol. The lowest BCUT2D eigenvalue weighted by atomic mass is 9.86. The van der Waals surface area contributed by atoms with Crippen LogP contribution in [0.3, 0.4) is 0 Å². The molecule has 2 fully saturated rings. The van der Waals surface area contributed by atoms with E-state index in [1.807, 2.05) is 0 Å². The van der Waals surface area contributed by atoms with E-state index in [-0.39, 0.29) is 36.8 Å². The largest absolute Gasteiger partial charge is 0.418 e. The molecule has 0 saturated carbocycles. The smallest absolute Gasteiger partial charge is 0.184 e. The summed E-state index contributed by atoms with van der Waals surface area (Å²) in [5.41, 5.74) is 0. The highest BCUT2D eigenvalue weighted by molar-refractivity contribution is 6.70. The lowest BCUT2D eigenvalue weighted by Gasteiger charge is -2.43. The van der Waals surface area contributed by atoms with E-state index in [9.17, 15) is 0 Å². The summed E-state index contributed by atoms with van der Waals surface area (Å²) in [4.78, 5) is 0. The van der Waals surface area contributed by atoms with Gasteiger partial charge < -0.3 is 27.8 Å². The second-order valence-corrected chi connectivity index (χ2v) is 21.4. The number of rotatable bonds is 16. The molecule has 0 N–H and O–H groups in total. The standard InChI is InChI=1S/C28H56O6Si2/c1-9-10-11-15-23(32-27-17-12-13-20-30-27)18-19-25-24(16-14-21-31-35(3,4)5)26(34-36(6,7)8)22-28(29-2)33-25/h18-19,23-28H,9-17,20-22H2,1-8H3/t23?,24-,25+,26+,27?,28+/m0/s1. The normalized spacial score (nSPS) is 29.1. The Bertz CT molecular complexity index is 612. The average molecular weight is 545 g/mol. The molecule has 0 radical (unpaired) electrons. The molecule has 6 nitrogen and oxygen atoms in total. The highest BCUT2D eigenvalue weighted by Gasteiger charge is 2.40. The quantitative estimate of drug-likeness (QED) is 0.116. The van der Waals surface area contributed by atoms with E-state index in [1.165, 1.54) is 19.3 Å². The zero-order chi connectivity index (χ0) is 26.6. The molecule has 2 aliphatic rings. The Balaban J connectivity index is 2.15. The van der Waals surface area contributed by atoms with E-state index >= 15 is 0 Å². The lowest BCUT2D eigenvalue weighted by Crippen LogP contribution is -2.49. The first kappa shape index (κ1) is 32.1. The van der Waals surface area contributed by atoms with Gasteiger partial charge in [0, 0.05) is 32.7 Å². The molecule has 2 unspecified atom stereocenters. The van der Waals surface area contributed by atoms with Gasteiger partial charge in [0.2, 0.25) is 0 Å². The first-order valence-corrected chi connectivity index (χ1v) is 21.3. The molecule has 2 saturated heterocycles. The Morgan fingerprint density at radius 3 is 2.36 bits per heavy atom. The fraction of sp³-hybridized carbons (Fsp3) is 0.929. The molecule has 212 valence electrons. The minimum atomic E-state index is -1.73. The fourth-order valence-corrected chi connectivity index (χ4v) is 6.87. The summed E-state index contributed by atoms with van der Waals surface area (Å²) in [5, 5.41) is 0. The van der Waals surface area contributed by atoms with Crippen LogP contribution in [0.5, 0.6) is 0 Å². The molecule has 36 heavy (non-hydrogen) atoms. The summed E-state index contributed by atoms with van der Waals surface area (Å²) in [6.07, 6.45) is 14.9. The second-order valence-electron chi connectivity index (χ2n) is 12.4. The van der Waals surface area contributed by atoms with Gasteiger partial charge in [0.15, 0.2) is 29.2 Å². The van der Waals surface area contributed by atoms with E-state index in [1.54, 1.807) is 7.11 Å². The van der Waals surface area contributed by atoms with Gasteiger partial charge in [-0.05, 0) is 77.8 Å². The van der Waals surface area contributed by atoms with Crippen LogP contribution in [-0.4, -0.2) is 67.9 Å². The number of unbranched alkanes of at least 4 members (excludes halogenated alkanes) is 2. The molecule has 0 bridgehead atoms. The Morgan fingerprint density at radius 2 is 1.75 bits per heavy atom. The Labute approximate surface area is 224 Å². The second kappa shape index (κ2) is 16.1. The number of methoxy groups -OCH3 is 1. The van der Waals surface area contributed by atoms with Crippen molar-refractivity contribution in [2.24, 2.45) is 5.92 Å². The first-order valence-electron chi connectivity index (χ1n) is 14.5. The molecule has 0 aromatic rings. The molecular formula is C28H56O6Si2. The van der Waals surface area contributed by atoms with Crippen molar-refractivity contribution >= 4 is 16.6 Å². The zero-order valence-electron chi connectivity index (χ0n) is 24.6. The van der Waals surface area contributed by atoms with Crippen molar-refractivity contribution in [1.29, 1.82) is 0 Å². The summed E-state index contributed by atoms with van der Waals surface area (Å²) in [7, 11) is -1.52. The van der Waals surface area contributed by atoms with E-state index < -0.39 is 16.6 Å². The minimum Gasteiger partial charge on any atom is -0.418 e. The van der Waals surface area contributed by atoms with Crippen LogP contribution in [0.4, 0.5) is 0 Å². The molecule has 0 aromatic heterocycles. The highest BCUT2D eigenvalue weighted by atomic mass is 28.4. The predicted molar refractivity (Wildman–Crippen MR) is 152 cm³/mol. The molecule has 0 amide bonds. The van der Waals surface area contributed by atoms with Gasteiger partial charge in [0.25, 0.3) is 0 Å². The predicted octanol–water partition coefficient (Wildman–Crippen LogP) is 7.26. The van der Waals surface area contributed by atoms with Crippen LogP contribution in [0.15, 0.2) is 12.2 Å². The third-order valence-electron chi connectivity index (χ3n) is 6.69. The van der Waals surface area contributed by atoms with E-state index in [0.717, 1.165) is 58.2 Å². The summed E-state index contributed by atoms with van der Waals surface area (Å²) < 4.78 is 37.4. The molecule has 2 heterocycles. The van der Waals surface area contributed by atoms with Crippen molar-refractivity contribution in [3.05, 3.63) is 12.2 Å². The minimum absolute atomic E-state index is 0.0402. The number of ether oxygens (including phenoxy) is 4. The van der Waals surface area contributed by atoms with E-state index in [2.05, 4.69) is 58.4 Å². The van der Waals surface area contributed by atoms with Gasteiger partial charge in [0.1, 0.15) is 0 Å². The maximum atomic E-state index is 6.72. The molecule has 6 atom stereocenters. The van der Waals surface area contributed by atoms with Crippen LogP contribution < -0.4 is 0 Å². The van der Waals surface area contributed by atoms with Gasteiger partial charge in [-0.3, -0.25) is 0 Å². The van der Waals surface area contributed by atoms with Crippen LogP contribution >= 0.6 is 0 Å². The summed E-state index contributed by atoms with van der Waals surface area (Å²) in [5.74, 6) is 0.270. The van der Waals surface area contributed by atoms with Crippen molar-refractivity contribution in [3.8, 4) is 0 Å². The van der Waals surface area contributed by atoms with Gasteiger partial charge in [-0.15, -0.1) is 0 Å². The van der Waals surface area contributed by atoms with Crippen molar-refractivity contribution in [3.63, 3.8) is 0 Å². The molecule has 0 spiro atoms. The Morgan fingerprint density at radius 1 is 0.972 bits per heavy atom. The number of hydrogen-bond donors (Lipinski definition) is 0. The molecule has 2 rings (SSSR count). The lowest BCUT2D eigenvalue weighted by molar-refractivity contribution is -0.212. The van der Waals surface area contributed by atoms with Crippen LogP contribution in [-0.2, 0) is 27.8 Å². The Kier molecular flexibility index (Phi) is 14.4. The van der Waals surface area contributed by atoms with Crippen molar-refractivity contribution in [1.82, 2.24) is 0 Å². The monoisotopic (exact) mass is 544 g/mol. The van der Waals surface area contributed by atoms with Crippen LogP contribution in [0.2, 0.25) is 39.3 Å². The van der Waals surface area contributed by atoms with Gasteiger partial charge in [-0.25, -0.2) is 0 Å². The maximum Gasteiger partial charge on any atom is 0.184 e. The topological polar surface area (TPSA) is 55.4 Å². The van der Waals surface area contributed by atoms with Gasteiger partial charge in [0.05, 0.1) is 18.3 Å². The summed E-state index contributed by atoms with van der Waals surface area (Å²) >= 11 is 0. The van der Waals surface area contributed by atoms with Crippen molar-refractivity contribution in [2.75, 3.05) is 20.3 Å². The van der Waals surface area contributed by atoms with Gasteiger partial charge in [-0.2, -0.15) is 0 Å². The van der Waals surface area contributed by atoms with Crippen LogP contribution in [0.1, 0.15) is 71.1 Å². The molecule has 0 aromatic carbocycles. The Hall–Kier alpha value is -0.0662. The van der Waals surface area contributed by atoms with Crippen molar-refractivity contribution in [2.45, 2.75) is 141 Å². The third-order valence-corrected chi connectivity index (χ3v) is 8.77.